The smallest absolute Gasteiger partial charge is 0.339 e. The average molecular weight is 317 g/mol. The van der Waals surface area contributed by atoms with E-state index < -0.39 is 22.0 Å². The van der Waals surface area contributed by atoms with Crippen molar-refractivity contribution in [2.75, 3.05) is 13.7 Å². The van der Waals surface area contributed by atoms with E-state index in [1.54, 1.807) is 13.8 Å². The summed E-state index contributed by atoms with van der Waals surface area (Å²) >= 11 is 0. The third-order valence-corrected chi connectivity index (χ3v) is 4.51. The zero-order chi connectivity index (χ0) is 16.2. The number of hydrogen-bond acceptors (Lipinski definition) is 5. The summed E-state index contributed by atoms with van der Waals surface area (Å²) < 4.78 is 31.7. The number of aromatic carboxylic acids is 1. The second-order valence-electron chi connectivity index (χ2n) is 4.82. The first kappa shape index (κ1) is 17.4. The molecule has 0 fully saturated rings. The summed E-state index contributed by atoms with van der Waals surface area (Å²) in [6.07, 6.45) is 0. The Labute approximate surface area is 123 Å². The minimum atomic E-state index is -3.93. The second-order valence-corrected chi connectivity index (χ2v) is 6.54. The molecule has 118 valence electrons. The highest BCUT2D eigenvalue weighted by Crippen LogP contribution is 2.22. The molecular formula is C13H19NO6S. The van der Waals surface area contributed by atoms with Crippen LogP contribution >= 0.6 is 0 Å². The van der Waals surface area contributed by atoms with E-state index in [0.717, 1.165) is 6.07 Å². The fourth-order valence-corrected chi connectivity index (χ4v) is 3.07. The molecule has 0 spiro atoms. The Morgan fingerprint density at radius 2 is 2.00 bits per heavy atom. The minimum absolute atomic E-state index is 0.0732. The molecule has 0 unspecified atom stereocenters. The number of carboxylic acid groups (broad SMARTS) is 1. The van der Waals surface area contributed by atoms with Crippen molar-refractivity contribution in [1.82, 2.24) is 4.72 Å². The maximum Gasteiger partial charge on any atom is 0.339 e. The van der Waals surface area contributed by atoms with Gasteiger partial charge in [-0.3, -0.25) is 0 Å². The van der Waals surface area contributed by atoms with Crippen LogP contribution < -0.4 is 9.46 Å². The lowest BCUT2D eigenvalue weighted by molar-refractivity contribution is 0.0693. The number of sulfonamides is 1. The number of carbonyl (C=O) groups is 1. The monoisotopic (exact) mass is 317 g/mol. The maximum absolute atomic E-state index is 12.2. The highest BCUT2D eigenvalue weighted by molar-refractivity contribution is 7.89. The summed E-state index contributed by atoms with van der Waals surface area (Å²) in [5.74, 6) is -1.32. The normalized spacial score (nSPS) is 13.2. The molecule has 0 aromatic heterocycles. The van der Waals surface area contributed by atoms with Crippen molar-refractivity contribution in [3.05, 3.63) is 23.8 Å². The SMILES string of the molecule is COc1ccc(S(=O)(=O)N[C@H](CO)C(C)C)cc1C(=O)O. The van der Waals surface area contributed by atoms with Crippen molar-refractivity contribution in [2.45, 2.75) is 24.8 Å². The van der Waals surface area contributed by atoms with Gasteiger partial charge in [0.15, 0.2) is 0 Å². The number of aliphatic hydroxyl groups excluding tert-OH is 1. The first-order valence-corrected chi connectivity index (χ1v) is 7.75. The molecule has 7 nitrogen and oxygen atoms in total. The number of aliphatic hydroxyl groups is 1. The fourth-order valence-electron chi connectivity index (χ4n) is 1.67. The number of methoxy groups -OCH3 is 1. The van der Waals surface area contributed by atoms with Crippen LogP contribution in [0, 0.1) is 5.92 Å². The molecule has 0 aliphatic rings. The van der Waals surface area contributed by atoms with Crippen LogP contribution in [0.2, 0.25) is 0 Å². The van der Waals surface area contributed by atoms with E-state index in [-0.39, 0.29) is 28.7 Å². The molecule has 1 aromatic carbocycles. The van der Waals surface area contributed by atoms with Crippen LogP contribution in [-0.2, 0) is 10.0 Å². The van der Waals surface area contributed by atoms with Crippen LogP contribution in [-0.4, -0.2) is 44.4 Å². The zero-order valence-corrected chi connectivity index (χ0v) is 12.8. The van der Waals surface area contributed by atoms with Crippen molar-refractivity contribution < 1.29 is 28.2 Å². The van der Waals surface area contributed by atoms with Crippen LogP contribution in [0.5, 0.6) is 5.75 Å². The predicted octanol–water partition coefficient (Wildman–Crippen LogP) is 0.689. The van der Waals surface area contributed by atoms with Gasteiger partial charge in [-0.2, -0.15) is 0 Å². The zero-order valence-electron chi connectivity index (χ0n) is 12.0. The Morgan fingerprint density at radius 1 is 1.38 bits per heavy atom. The molecular weight excluding hydrogens is 298 g/mol. The van der Waals surface area contributed by atoms with Gasteiger partial charge in [0.25, 0.3) is 0 Å². The molecule has 0 bridgehead atoms. The Balaban J connectivity index is 3.20. The summed E-state index contributed by atoms with van der Waals surface area (Å²) in [5, 5.41) is 18.3. The molecule has 0 saturated heterocycles. The van der Waals surface area contributed by atoms with E-state index in [0.29, 0.717) is 0 Å². The Kier molecular flexibility index (Phi) is 5.70. The summed E-state index contributed by atoms with van der Waals surface area (Å²) in [4.78, 5) is 10.9. The lowest BCUT2D eigenvalue weighted by Gasteiger charge is -2.20. The van der Waals surface area contributed by atoms with E-state index in [1.165, 1.54) is 19.2 Å². The number of rotatable bonds is 7. The number of benzene rings is 1. The Morgan fingerprint density at radius 3 is 2.43 bits per heavy atom. The molecule has 1 atom stereocenters. The van der Waals surface area contributed by atoms with E-state index in [4.69, 9.17) is 9.84 Å². The van der Waals surface area contributed by atoms with E-state index in [2.05, 4.69) is 4.72 Å². The summed E-state index contributed by atoms with van der Waals surface area (Å²) in [5.41, 5.74) is -0.245. The number of carboxylic acids is 1. The van der Waals surface area contributed by atoms with Gasteiger partial charge in [-0.15, -0.1) is 0 Å². The molecule has 1 aromatic rings. The lowest BCUT2D eigenvalue weighted by atomic mass is 10.1. The first-order chi connectivity index (χ1) is 9.72. The highest BCUT2D eigenvalue weighted by atomic mass is 32.2. The molecule has 21 heavy (non-hydrogen) atoms. The van der Waals surface area contributed by atoms with Gasteiger partial charge >= 0.3 is 5.97 Å². The van der Waals surface area contributed by atoms with Gasteiger partial charge in [0.05, 0.1) is 18.6 Å². The average Bonchev–Trinajstić information content (AvgIpc) is 2.43. The fraction of sp³-hybridized carbons (Fsp3) is 0.462. The largest absolute Gasteiger partial charge is 0.496 e. The molecule has 0 radical (unpaired) electrons. The van der Waals surface area contributed by atoms with Crippen LogP contribution in [0.15, 0.2) is 23.1 Å². The topological polar surface area (TPSA) is 113 Å². The second kappa shape index (κ2) is 6.88. The Hall–Kier alpha value is -1.64. The predicted molar refractivity (Wildman–Crippen MR) is 76.0 cm³/mol. The molecule has 0 aliphatic carbocycles. The molecule has 8 heteroatoms. The standard InChI is InChI=1S/C13H19NO6S/c1-8(2)11(7-15)14-21(18,19)9-4-5-12(20-3)10(6-9)13(16)17/h4-6,8,11,14-15H,7H2,1-3H3,(H,16,17)/t11-/m1/s1. The van der Waals surface area contributed by atoms with E-state index in [9.17, 15) is 18.3 Å². The number of ether oxygens (including phenoxy) is 1. The van der Waals surface area contributed by atoms with Gasteiger partial charge in [-0.1, -0.05) is 13.8 Å². The van der Waals surface area contributed by atoms with Gasteiger partial charge in [-0.05, 0) is 24.1 Å². The minimum Gasteiger partial charge on any atom is -0.496 e. The van der Waals surface area contributed by atoms with Crippen molar-refractivity contribution in [3.8, 4) is 5.75 Å². The van der Waals surface area contributed by atoms with Crippen molar-refractivity contribution in [1.29, 1.82) is 0 Å². The molecule has 0 amide bonds. The van der Waals surface area contributed by atoms with Crippen molar-refractivity contribution in [2.24, 2.45) is 5.92 Å². The molecule has 0 heterocycles. The van der Waals surface area contributed by atoms with Gasteiger partial charge in [-0.25, -0.2) is 17.9 Å². The molecule has 1 rings (SSSR count). The number of nitrogens with one attached hydrogen (secondary N) is 1. The van der Waals surface area contributed by atoms with Crippen molar-refractivity contribution in [3.63, 3.8) is 0 Å². The van der Waals surface area contributed by atoms with Gasteiger partial charge < -0.3 is 14.9 Å². The lowest BCUT2D eigenvalue weighted by Crippen LogP contribution is -2.41. The van der Waals surface area contributed by atoms with Crippen LogP contribution in [0.4, 0.5) is 0 Å². The van der Waals surface area contributed by atoms with Gasteiger partial charge in [0.1, 0.15) is 11.3 Å². The third kappa shape index (κ3) is 4.16. The van der Waals surface area contributed by atoms with E-state index >= 15 is 0 Å². The van der Waals surface area contributed by atoms with E-state index in [1.807, 2.05) is 0 Å². The molecule has 3 N–H and O–H groups in total. The van der Waals surface area contributed by atoms with Crippen LogP contribution in [0.1, 0.15) is 24.2 Å². The molecule has 0 aliphatic heterocycles. The van der Waals surface area contributed by atoms with Gasteiger partial charge in [0, 0.05) is 6.04 Å². The maximum atomic E-state index is 12.2. The third-order valence-electron chi connectivity index (χ3n) is 3.02. The number of hydrogen-bond donors (Lipinski definition) is 3. The Bertz CT molecular complexity index is 611. The van der Waals surface area contributed by atoms with Crippen LogP contribution in [0.25, 0.3) is 0 Å². The highest BCUT2D eigenvalue weighted by Gasteiger charge is 2.24. The first-order valence-electron chi connectivity index (χ1n) is 6.27. The van der Waals surface area contributed by atoms with Crippen molar-refractivity contribution >= 4 is 16.0 Å². The quantitative estimate of drug-likeness (QED) is 0.682. The molecule has 0 saturated carbocycles. The summed E-state index contributed by atoms with van der Waals surface area (Å²) in [7, 11) is -2.63. The van der Waals surface area contributed by atoms with Crippen LogP contribution in [0.3, 0.4) is 0 Å². The summed E-state index contributed by atoms with van der Waals surface area (Å²) in [6.45, 7) is 3.18. The van der Waals surface area contributed by atoms with Gasteiger partial charge in [0.2, 0.25) is 10.0 Å². The summed E-state index contributed by atoms with van der Waals surface area (Å²) in [6, 6.07) is 2.91.